The van der Waals surface area contributed by atoms with Gasteiger partial charge in [-0.15, -0.1) is 0 Å². The van der Waals surface area contributed by atoms with Gasteiger partial charge in [0.1, 0.15) is 37.8 Å². The van der Waals surface area contributed by atoms with Crippen LogP contribution >= 0.6 is 0 Å². The second-order valence-corrected chi connectivity index (χ2v) is 13.5. The highest BCUT2D eigenvalue weighted by Gasteiger charge is 2.33. The molecule has 0 saturated heterocycles. The number of imidazole rings is 2. The van der Waals surface area contributed by atoms with Crippen molar-refractivity contribution in [2.24, 2.45) is 0 Å². The summed E-state index contributed by atoms with van der Waals surface area (Å²) in [6.07, 6.45) is 5.22. The predicted molar refractivity (Wildman–Crippen MR) is 196 cm³/mol. The van der Waals surface area contributed by atoms with Crippen molar-refractivity contribution < 1.29 is 67.5 Å². The minimum atomic E-state index is -2.26. The van der Waals surface area contributed by atoms with Gasteiger partial charge in [-0.2, -0.15) is 0 Å². The lowest BCUT2D eigenvalue weighted by Crippen LogP contribution is -2.51. The molecule has 0 fully saturated rings. The monoisotopic (exact) mass is 820 g/mol. The lowest BCUT2D eigenvalue weighted by atomic mass is 9.85. The second-order valence-electron chi connectivity index (χ2n) is 12.8. The predicted octanol–water partition coefficient (Wildman–Crippen LogP) is 0.0186. The van der Waals surface area contributed by atoms with E-state index in [0.29, 0.717) is 35.2 Å². The minimum absolute atomic E-state index is 0.0446. The summed E-state index contributed by atoms with van der Waals surface area (Å²) in [6.45, 7) is -1.86. The first-order valence-corrected chi connectivity index (χ1v) is 18.4. The number of ether oxygens (including phenoxy) is 1. The van der Waals surface area contributed by atoms with E-state index in [2.05, 4.69) is 20.0 Å². The number of benzene rings is 1. The molecule has 2 heterocycles. The van der Waals surface area contributed by atoms with Crippen molar-refractivity contribution in [1.29, 1.82) is 0 Å². The van der Waals surface area contributed by atoms with Gasteiger partial charge in [0, 0.05) is 61.8 Å². The number of hydrogen-bond donors (Lipinski definition) is 7. The lowest BCUT2D eigenvalue weighted by molar-refractivity contribution is -0.149. The van der Waals surface area contributed by atoms with E-state index in [9.17, 15) is 58.2 Å². The van der Waals surface area contributed by atoms with Crippen LogP contribution in [0.4, 0.5) is 5.69 Å². The van der Waals surface area contributed by atoms with Crippen LogP contribution in [0, 0.1) is 0 Å². The van der Waals surface area contributed by atoms with E-state index in [4.69, 9.17) is 9.29 Å². The number of nitrogens with one attached hydrogen (secondary N) is 2. The van der Waals surface area contributed by atoms with Crippen molar-refractivity contribution in [3.8, 4) is 0 Å². The summed E-state index contributed by atoms with van der Waals surface area (Å²) in [4.78, 5) is 94.3. The van der Waals surface area contributed by atoms with Crippen LogP contribution < -0.4 is 10.0 Å². The number of hydrogen-bond acceptors (Lipinski definition) is 12. The van der Waals surface area contributed by atoms with Crippen LogP contribution in [0.25, 0.3) is 0 Å². The van der Waals surface area contributed by atoms with Crippen LogP contribution in [-0.4, -0.2) is 132 Å². The molecular formula is C34H44N8O14S. The normalized spacial score (nSPS) is 11.8. The van der Waals surface area contributed by atoms with E-state index in [1.54, 1.807) is 24.3 Å². The average Bonchev–Trinajstić information content (AvgIpc) is 3.76. The zero-order chi connectivity index (χ0) is 42.0. The second kappa shape index (κ2) is 22.4. The third-order valence-corrected chi connectivity index (χ3v) is 9.05. The number of anilines is 1. The Bertz CT molecular complexity index is 1850. The molecule has 0 aliphatic rings. The van der Waals surface area contributed by atoms with E-state index >= 15 is 0 Å². The number of amides is 2. The Labute approximate surface area is 327 Å². The molecule has 1 unspecified atom stereocenters. The van der Waals surface area contributed by atoms with Gasteiger partial charge in [-0.25, -0.2) is 14.2 Å². The summed E-state index contributed by atoms with van der Waals surface area (Å²) in [6, 6.07) is 6.74. The molecule has 2 aromatic heterocycles. The van der Waals surface area contributed by atoms with Gasteiger partial charge >= 0.3 is 23.9 Å². The number of carbonyl (C=O) groups excluding carboxylic acids is 3. The highest BCUT2D eigenvalue weighted by Crippen LogP contribution is 2.25. The zero-order valence-electron chi connectivity index (χ0n) is 30.6. The largest absolute Gasteiger partial charge is 0.481 e. The fraction of sp³-hybridized carbons (Fsp3) is 0.441. The van der Waals surface area contributed by atoms with Crippen molar-refractivity contribution in [1.82, 2.24) is 34.2 Å². The molecule has 1 atom stereocenters. The van der Waals surface area contributed by atoms with Gasteiger partial charge in [0.25, 0.3) is 17.7 Å². The summed E-state index contributed by atoms with van der Waals surface area (Å²) in [5.74, 6) is -5.75. The van der Waals surface area contributed by atoms with Gasteiger partial charge in [0.15, 0.2) is 0 Å². The zero-order valence-corrected chi connectivity index (χ0v) is 31.4. The van der Waals surface area contributed by atoms with E-state index in [-0.39, 0.29) is 52.0 Å². The lowest BCUT2D eigenvalue weighted by Gasteiger charge is -2.34. The van der Waals surface area contributed by atoms with Crippen molar-refractivity contribution in [2.75, 3.05) is 31.0 Å². The van der Waals surface area contributed by atoms with Crippen LogP contribution in [0.1, 0.15) is 49.3 Å². The van der Waals surface area contributed by atoms with Crippen LogP contribution in [0.3, 0.4) is 0 Å². The third-order valence-electron chi connectivity index (χ3n) is 8.64. The van der Waals surface area contributed by atoms with Crippen molar-refractivity contribution in [3.05, 3.63) is 66.3 Å². The molecule has 0 aliphatic heterocycles. The first kappa shape index (κ1) is 45.2. The number of aliphatic carboxylic acids is 4. The fourth-order valence-corrected chi connectivity index (χ4v) is 6.20. The van der Waals surface area contributed by atoms with Gasteiger partial charge in [0.2, 0.25) is 11.8 Å². The van der Waals surface area contributed by atoms with Gasteiger partial charge in [-0.3, -0.25) is 47.7 Å². The summed E-state index contributed by atoms with van der Waals surface area (Å²) in [5, 5.41) is 39.9. The van der Waals surface area contributed by atoms with Gasteiger partial charge in [-0.05, 0) is 37.0 Å². The Morgan fingerprint density at radius 3 is 1.84 bits per heavy atom. The van der Waals surface area contributed by atoms with Crippen LogP contribution in [-0.2, 0) is 82.2 Å². The molecule has 57 heavy (non-hydrogen) atoms. The molecule has 1 aromatic carbocycles. The first-order chi connectivity index (χ1) is 27.1. The molecule has 0 aliphatic carbocycles. The molecule has 23 heteroatoms. The highest BCUT2D eigenvalue weighted by atomic mass is 32.2. The van der Waals surface area contributed by atoms with Crippen LogP contribution in [0.2, 0.25) is 0 Å². The minimum Gasteiger partial charge on any atom is -0.481 e. The molecular weight excluding hydrogens is 776 g/mol. The third kappa shape index (κ3) is 16.2. The number of nitrogens with zero attached hydrogens (tertiary/aromatic N) is 6. The Balaban J connectivity index is 1.87. The molecule has 0 saturated carbocycles. The molecule has 0 radical (unpaired) electrons. The Kier molecular flexibility index (Phi) is 17.7. The van der Waals surface area contributed by atoms with E-state index in [1.807, 2.05) is 4.90 Å². The summed E-state index contributed by atoms with van der Waals surface area (Å²) >= 11 is -2.26. The molecule has 0 spiro atoms. The SMILES string of the molecule is O=COCCC(CCC(=O)O)(CCC(=O)O)NC(=O)Cn1ccnc1CN(CCc1ccc(NS(=O)O)cc1)Cc1nccn1CC(=O)N(CC(=O)O)CC(=O)O. The smallest absolute Gasteiger partial charge is 0.323 e. The van der Waals surface area contributed by atoms with Gasteiger partial charge < -0.3 is 44.5 Å². The van der Waals surface area contributed by atoms with E-state index in [1.165, 1.54) is 33.9 Å². The maximum atomic E-state index is 13.5. The topological polar surface area (TPSA) is 313 Å². The maximum absolute atomic E-state index is 13.5. The molecule has 22 nitrogen and oxygen atoms in total. The van der Waals surface area contributed by atoms with Gasteiger partial charge in [0.05, 0.1) is 19.7 Å². The van der Waals surface area contributed by atoms with Crippen LogP contribution in [0.15, 0.2) is 49.1 Å². The van der Waals surface area contributed by atoms with E-state index in [0.717, 1.165) is 5.56 Å². The van der Waals surface area contributed by atoms with Crippen LogP contribution in [0.5, 0.6) is 0 Å². The van der Waals surface area contributed by atoms with Crippen molar-refractivity contribution in [2.45, 2.75) is 70.2 Å². The molecule has 2 amide bonds. The summed E-state index contributed by atoms with van der Waals surface area (Å²) in [7, 11) is 0. The number of carboxylic acid groups (broad SMARTS) is 4. The average molecular weight is 821 g/mol. The highest BCUT2D eigenvalue weighted by molar-refractivity contribution is 7.80. The number of aromatic nitrogens is 4. The quantitative estimate of drug-likeness (QED) is 0.0288. The Morgan fingerprint density at radius 2 is 1.35 bits per heavy atom. The fourth-order valence-electron chi connectivity index (χ4n) is 5.86. The molecule has 0 bridgehead atoms. The first-order valence-electron chi connectivity index (χ1n) is 17.3. The molecule has 310 valence electrons. The Morgan fingerprint density at radius 1 is 0.807 bits per heavy atom. The van der Waals surface area contributed by atoms with Gasteiger partial charge in [-0.1, -0.05) is 12.1 Å². The number of carbonyl (C=O) groups is 7. The Hall–Kier alpha value is -6.20. The van der Waals surface area contributed by atoms with Crippen molar-refractivity contribution >= 4 is 59.1 Å². The number of rotatable bonds is 28. The van der Waals surface area contributed by atoms with Crippen molar-refractivity contribution in [3.63, 3.8) is 0 Å². The molecule has 3 rings (SSSR count). The number of carboxylic acids is 4. The summed E-state index contributed by atoms with van der Waals surface area (Å²) in [5.41, 5.74) is -0.0828. The molecule has 3 aromatic rings. The van der Waals surface area contributed by atoms with E-state index < -0.39 is 85.0 Å². The summed E-state index contributed by atoms with van der Waals surface area (Å²) < 4.78 is 30.4. The standard InChI is InChI=1S/C34H44N8O14S/c43-23-56-16-10-34(8-5-30(46)47,9-6-31(48)49)37-28(44)19-40-14-11-35-26(40)17-39(13-7-24-1-3-25(4-2-24)38-57(54)55)18-27-36-12-15-41(27)20-29(45)42(21-32(50)51)22-33(52)53/h1-4,11-12,14-15,23,38H,5-10,13,16-22H2,(H,37,44)(H,46,47)(H,48,49)(H,50,51)(H,52,53)(H,54,55). The molecule has 7 N–H and O–H groups in total. The maximum Gasteiger partial charge on any atom is 0.323 e.